The highest BCUT2D eigenvalue weighted by molar-refractivity contribution is 5.76. The van der Waals surface area contributed by atoms with Gasteiger partial charge in [0.05, 0.1) is 13.0 Å². The van der Waals surface area contributed by atoms with Gasteiger partial charge in [-0.15, -0.1) is 0 Å². The third-order valence-corrected chi connectivity index (χ3v) is 4.70. The molecule has 0 saturated heterocycles. The second kappa shape index (κ2) is 10.9. The summed E-state index contributed by atoms with van der Waals surface area (Å²) in [6.45, 7) is 5.45. The molecule has 0 aliphatic carbocycles. The number of allylic oxidation sites excluding steroid dienone is 4. The number of anilines is 1. The molecule has 0 aromatic heterocycles. The van der Waals surface area contributed by atoms with E-state index in [1.54, 1.807) is 19.3 Å². The molecule has 6 heteroatoms. The Hall–Kier alpha value is -2.73. The van der Waals surface area contributed by atoms with Gasteiger partial charge in [0.1, 0.15) is 5.75 Å². The van der Waals surface area contributed by atoms with Crippen molar-refractivity contribution in [3.63, 3.8) is 0 Å². The van der Waals surface area contributed by atoms with Crippen molar-refractivity contribution in [2.45, 2.75) is 33.0 Å². The number of hydrogen-bond acceptors (Lipinski definition) is 3. The number of halogens is 3. The molecule has 0 unspecified atom stereocenters. The number of alkyl halides is 3. The summed E-state index contributed by atoms with van der Waals surface area (Å²) in [5, 5.41) is 9.77. The van der Waals surface area contributed by atoms with Crippen molar-refractivity contribution < 1.29 is 23.0 Å². The van der Waals surface area contributed by atoms with Gasteiger partial charge in [-0.25, -0.2) is 0 Å². The SMILES string of the molecule is C/C=C(\C=C/CC(F)(F)F)c1cccc(N(CCOC)Cc2ccc(O)c(C)c2)c1. The molecule has 0 aliphatic rings. The molecule has 0 radical (unpaired) electrons. The maximum Gasteiger partial charge on any atom is 0.392 e. The monoisotopic (exact) mass is 419 g/mol. The van der Waals surface area contributed by atoms with E-state index in [0.29, 0.717) is 19.7 Å². The fraction of sp³-hybridized carbons (Fsp3) is 0.333. The van der Waals surface area contributed by atoms with Crippen molar-refractivity contribution in [2.75, 3.05) is 25.2 Å². The standard InChI is InChI=1S/C24H28F3NO2/c1-4-20(8-6-12-24(25,26)27)21-7-5-9-22(16-21)28(13-14-30-3)17-19-10-11-23(29)18(2)15-19/h4-11,15-16,29H,12-14,17H2,1-3H3/b8-6-,20-4+. The van der Waals surface area contributed by atoms with E-state index < -0.39 is 12.6 Å². The van der Waals surface area contributed by atoms with Crippen LogP contribution < -0.4 is 4.90 Å². The zero-order valence-electron chi connectivity index (χ0n) is 17.5. The highest BCUT2D eigenvalue weighted by Gasteiger charge is 2.24. The van der Waals surface area contributed by atoms with Crippen molar-refractivity contribution in [3.05, 3.63) is 77.4 Å². The minimum Gasteiger partial charge on any atom is -0.508 e. The summed E-state index contributed by atoms with van der Waals surface area (Å²) in [5.41, 5.74) is 4.37. The third-order valence-electron chi connectivity index (χ3n) is 4.70. The molecule has 0 fully saturated rings. The second-order valence-corrected chi connectivity index (χ2v) is 7.05. The molecule has 0 heterocycles. The normalized spacial score (nSPS) is 12.5. The van der Waals surface area contributed by atoms with Gasteiger partial charge >= 0.3 is 6.18 Å². The molecular formula is C24H28F3NO2. The van der Waals surface area contributed by atoms with Gasteiger partial charge in [-0.2, -0.15) is 13.2 Å². The Bertz CT molecular complexity index is 888. The number of phenols is 1. The lowest BCUT2D eigenvalue weighted by Gasteiger charge is -2.25. The molecule has 162 valence electrons. The largest absolute Gasteiger partial charge is 0.508 e. The van der Waals surface area contributed by atoms with Crippen LogP contribution in [-0.2, 0) is 11.3 Å². The molecule has 0 aliphatic heterocycles. The number of nitrogens with zero attached hydrogens (tertiary/aromatic N) is 1. The van der Waals surface area contributed by atoms with E-state index in [9.17, 15) is 18.3 Å². The number of hydrogen-bond donors (Lipinski definition) is 1. The smallest absolute Gasteiger partial charge is 0.392 e. The van der Waals surface area contributed by atoms with E-state index in [0.717, 1.165) is 34.0 Å². The van der Waals surface area contributed by atoms with Crippen LogP contribution in [0.4, 0.5) is 18.9 Å². The van der Waals surface area contributed by atoms with Crippen molar-refractivity contribution in [1.29, 1.82) is 0 Å². The van der Waals surface area contributed by atoms with Crippen molar-refractivity contribution >= 4 is 11.3 Å². The zero-order chi connectivity index (χ0) is 22.1. The molecule has 30 heavy (non-hydrogen) atoms. The van der Waals surface area contributed by atoms with Gasteiger partial charge < -0.3 is 14.7 Å². The first-order valence-corrected chi connectivity index (χ1v) is 9.76. The minimum atomic E-state index is -4.21. The van der Waals surface area contributed by atoms with Crippen LogP contribution in [0.5, 0.6) is 5.75 Å². The Morgan fingerprint density at radius 1 is 1.17 bits per heavy atom. The average Bonchev–Trinajstić information content (AvgIpc) is 2.70. The summed E-state index contributed by atoms with van der Waals surface area (Å²) >= 11 is 0. The fourth-order valence-corrected chi connectivity index (χ4v) is 3.10. The topological polar surface area (TPSA) is 32.7 Å². The van der Waals surface area contributed by atoms with Gasteiger partial charge in [-0.05, 0) is 54.3 Å². The Morgan fingerprint density at radius 2 is 1.93 bits per heavy atom. The third kappa shape index (κ3) is 7.26. The van der Waals surface area contributed by atoms with Gasteiger partial charge in [-0.3, -0.25) is 0 Å². The van der Waals surface area contributed by atoms with E-state index in [4.69, 9.17) is 4.74 Å². The summed E-state index contributed by atoms with van der Waals surface area (Å²) in [6.07, 6.45) is -0.714. The average molecular weight is 419 g/mol. The number of benzene rings is 2. The lowest BCUT2D eigenvalue weighted by atomic mass is 10.0. The molecule has 0 spiro atoms. The second-order valence-electron chi connectivity index (χ2n) is 7.05. The molecule has 0 amide bonds. The van der Waals surface area contributed by atoms with Gasteiger partial charge in [-0.1, -0.05) is 42.5 Å². The molecule has 0 saturated carbocycles. The van der Waals surface area contributed by atoms with Gasteiger partial charge in [0.25, 0.3) is 0 Å². The van der Waals surface area contributed by atoms with Crippen LogP contribution >= 0.6 is 0 Å². The summed E-state index contributed by atoms with van der Waals surface area (Å²) in [6, 6.07) is 13.2. The van der Waals surface area contributed by atoms with E-state index in [2.05, 4.69) is 4.90 Å². The first-order chi connectivity index (χ1) is 14.2. The van der Waals surface area contributed by atoms with Crippen LogP contribution in [0.3, 0.4) is 0 Å². The molecule has 2 aromatic rings. The first kappa shape index (κ1) is 23.5. The van der Waals surface area contributed by atoms with Crippen LogP contribution in [0.15, 0.2) is 60.7 Å². The van der Waals surface area contributed by atoms with Gasteiger partial charge in [0.15, 0.2) is 0 Å². The minimum absolute atomic E-state index is 0.257. The number of methoxy groups -OCH3 is 1. The Morgan fingerprint density at radius 3 is 2.57 bits per heavy atom. The number of aryl methyl sites for hydroxylation is 1. The van der Waals surface area contributed by atoms with Gasteiger partial charge in [0, 0.05) is 25.9 Å². The van der Waals surface area contributed by atoms with Crippen LogP contribution in [0, 0.1) is 6.92 Å². The van der Waals surface area contributed by atoms with Crippen LogP contribution in [-0.4, -0.2) is 31.5 Å². The first-order valence-electron chi connectivity index (χ1n) is 9.76. The Balaban J connectivity index is 2.27. The molecule has 0 bridgehead atoms. The van der Waals surface area contributed by atoms with E-state index in [-0.39, 0.29) is 5.75 Å². The van der Waals surface area contributed by atoms with E-state index >= 15 is 0 Å². The molecule has 2 aromatic carbocycles. The number of rotatable bonds is 9. The van der Waals surface area contributed by atoms with Gasteiger partial charge in [0.2, 0.25) is 0 Å². The summed E-state index contributed by atoms with van der Waals surface area (Å²) in [4.78, 5) is 2.14. The van der Waals surface area contributed by atoms with Crippen LogP contribution in [0.25, 0.3) is 5.57 Å². The summed E-state index contributed by atoms with van der Waals surface area (Å²) < 4.78 is 42.6. The maximum absolute atomic E-state index is 12.5. The van der Waals surface area contributed by atoms with E-state index in [1.807, 2.05) is 50.2 Å². The molecular weight excluding hydrogens is 391 g/mol. The molecule has 0 atom stereocenters. The zero-order valence-corrected chi connectivity index (χ0v) is 17.5. The van der Waals surface area contributed by atoms with Crippen molar-refractivity contribution in [1.82, 2.24) is 0 Å². The Kier molecular flexibility index (Phi) is 8.54. The molecule has 2 rings (SSSR count). The highest BCUT2D eigenvalue weighted by atomic mass is 19.4. The van der Waals surface area contributed by atoms with E-state index in [1.165, 1.54) is 6.08 Å². The molecule has 3 nitrogen and oxygen atoms in total. The number of ether oxygens (including phenoxy) is 1. The number of aromatic hydroxyl groups is 1. The maximum atomic E-state index is 12.5. The van der Waals surface area contributed by atoms with Crippen LogP contribution in [0.2, 0.25) is 0 Å². The van der Waals surface area contributed by atoms with Crippen molar-refractivity contribution in [3.8, 4) is 5.75 Å². The predicted molar refractivity (Wildman–Crippen MR) is 116 cm³/mol. The summed E-state index contributed by atoms with van der Waals surface area (Å²) in [7, 11) is 1.64. The Labute approximate surface area is 176 Å². The lowest BCUT2D eigenvalue weighted by Crippen LogP contribution is -2.26. The number of phenolic OH excluding ortho intramolecular Hbond substituents is 1. The highest BCUT2D eigenvalue weighted by Crippen LogP contribution is 2.26. The lowest BCUT2D eigenvalue weighted by molar-refractivity contribution is -0.125. The molecule has 1 N–H and O–H groups in total. The van der Waals surface area contributed by atoms with Crippen molar-refractivity contribution in [2.24, 2.45) is 0 Å². The van der Waals surface area contributed by atoms with Crippen LogP contribution in [0.1, 0.15) is 30.0 Å². The quantitative estimate of drug-likeness (QED) is 0.487. The fourth-order valence-electron chi connectivity index (χ4n) is 3.10. The summed E-state index contributed by atoms with van der Waals surface area (Å²) in [5.74, 6) is 0.257. The predicted octanol–water partition coefficient (Wildman–Crippen LogP) is 6.27.